The number of nitrogens with one attached hydrogen (secondary N) is 2. The summed E-state index contributed by atoms with van der Waals surface area (Å²) in [5.41, 5.74) is -0.159. The molecule has 1 aliphatic heterocycles. The number of piperazine rings is 1. The fourth-order valence-corrected chi connectivity index (χ4v) is 2.29. The van der Waals surface area contributed by atoms with Gasteiger partial charge in [0.2, 0.25) is 11.8 Å². The van der Waals surface area contributed by atoms with Crippen molar-refractivity contribution in [3.63, 3.8) is 0 Å². The third kappa shape index (κ3) is 4.01. The molecule has 1 unspecified atom stereocenters. The number of hydrogen-bond acceptors (Lipinski definition) is 6. The van der Waals surface area contributed by atoms with Gasteiger partial charge in [-0.25, -0.2) is 0 Å². The Labute approximate surface area is 125 Å². The van der Waals surface area contributed by atoms with Crippen LogP contribution < -0.4 is 10.6 Å². The smallest absolute Gasteiger partial charge is 0.238 e. The summed E-state index contributed by atoms with van der Waals surface area (Å²) in [6, 6.07) is -0.185. The monoisotopic (exact) mass is 295 g/mol. The first kappa shape index (κ1) is 15.9. The highest BCUT2D eigenvalue weighted by molar-refractivity contribution is 5.82. The lowest BCUT2D eigenvalue weighted by Crippen LogP contribution is -2.57. The quantitative estimate of drug-likeness (QED) is 0.830. The van der Waals surface area contributed by atoms with Crippen molar-refractivity contribution in [3.05, 3.63) is 11.7 Å². The molecule has 2 N–H and O–H groups in total. The van der Waals surface area contributed by atoms with E-state index in [2.05, 4.69) is 25.7 Å². The Hall–Kier alpha value is -1.47. The van der Waals surface area contributed by atoms with E-state index in [-0.39, 0.29) is 17.4 Å². The summed E-state index contributed by atoms with van der Waals surface area (Å²) >= 11 is 0. The highest BCUT2D eigenvalue weighted by Gasteiger charge is 2.30. The predicted molar refractivity (Wildman–Crippen MR) is 78.7 cm³/mol. The van der Waals surface area contributed by atoms with Crippen LogP contribution in [-0.4, -0.2) is 53.2 Å². The first-order valence-corrected chi connectivity index (χ1v) is 7.47. The van der Waals surface area contributed by atoms with Crippen LogP contribution in [0.4, 0.5) is 0 Å². The summed E-state index contributed by atoms with van der Waals surface area (Å²) < 4.78 is 5.31. The molecular weight excluding hydrogens is 270 g/mol. The van der Waals surface area contributed by atoms with Crippen molar-refractivity contribution in [1.82, 2.24) is 25.7 Å². The summed E-state index contributed by atoms with van der Waals surface area (Å²) in [6.45, 7) is 11.5. The molecule has 0 spiro atoms. The lowest BCUT2D eigenvalue weighted by molar-refractivity contribution is -0.127. The maximum Gasteiger partial charge on any atom is 0.238 e. The molecule has 1 amide bonds. The zero-order chi connectivity index (χ0) is 15.5. The second-order valence-electron chi connectivity index (χ2n) is 6.35. The highest BCUT2D eigenvalue weighted by atomic mass is 16.5. The lowest BCUT2D eigenvalue weighted by atomic mass is 9.97. The molecule has 0 bridgehead atoms. The van der Waals surface area contributed by atoms with Crippen LogP contribution >= 0.6 is 0 Å². The number of rotatable bonds is 4. The van der Waals surface area contributed by atoms with Gasteiger partial charge in [0.05, 0.1) is 6.54 Å². The number of nitrogens with zero attached hydrogens (tertiary/aromatic N) is 3. The van der Waals surface area contributed by atoms with Gasteiger partial charge in [-0.15, -0.1) is 0 Å². The molecule has 1 saturated heterocycles. The van der Waals surface area contributed by atoms with Crippen LogP contribution in [0, 0.1) is 0 Å². The molecule has 1 atom stereocenters. The van der Waals surface area contributed by atoms with E-state index in [1.165, 1.54) is 0 Å². The molecule has 1 fully saturated rings. The first-order valence-electron chi connectivity index (χ1n) is 7.47. The van der Waals surface area contributed by atoms with E-state index in [0.717, 1.165) is 13.1 Å². The van der Waals surface area contributed by atoms with E-state index in [0.29, 0.717) is 31.3 Å². The van der Waals surface area contributed by atoms with Gasteiger partial charge in [0.15, 0.2) is 5.82 Å². The van der Waals surface area contributed by atoms with Gasteiger partial charge >= 0.3 is 0 Å². The third-order valence-electron chi connectivity index (χ3n) is 3.46. The van der Waals surface area contributed by atoms with Crippen LogP contribution in [0.25, 0.3) is 0 Å². The molecular formula is C14H25N5O2. The van der Waals surface area contributed by atoms with Crippen LogP contribution in [-0.2, 0) is 16.8 Å². The number of carbonyl (C=O) groups is 1. The second-order valence-corrected chi connectivity index (χ2v) is 6.35. The fraction of sp³-hybridized carbons (Fsp3) is 0.786. The average molecular weight is 295 g/mol. The average Bonchev–Trinajstić information content (AvgIpc) is 2.88. The van der Waals surface area contributed by atoms with Crippen LogP contribution in [0.5, 0.6) is 0 Å². The van der Waals surface area contributed by atoms with Crippen LogP contribution in [0.2, 0.25) is 0 Å². The molecule has 0 radical (unpaired) electrons. The standard InChI is InChI=1S/C14H25N5O2/c1-5-16-12(20)10-8-15-6-7-19(10)9-11-17-13(21-18-11)14(2,3)4/h10,15H,5-9H2,1-4H3,(H,16,20). The molecule has 1 aromatic rings. The second kappa shape index (κ2) is 6.53. The molecule has 1 aliphatic rings. The van der Waals surface area contributed by atoms with Crippen molar-refractivity contribution in [2.45, 2.75) is 45.7 Å². The lowest BCUT2D eigenvalue weighted by Gasteiger charge is -2.34. The first-order chi connectivity index (χ1) is 9.91. The van der Waals surface area contributed by atoms with Gasteiger partial charge < -0.3 is 15.2 Å². The molecule has 21 heavy (non-hydrogen) atoms. The number of hydrogen-bond donors (Lipinski definition) is 2. The van der Waals surface area contributed by atoms with Gasteiger partial charge in [-0.3, -0.25) is 9.69 Å². The summed E-state index contributed by atoms with van der Waals surface area (Å²) in [5, 5.41) is 10.2. The predicted octanol–water partition coefficient (Wildman–Crippen LogP) is 0.277. The van der Waals surface area contributed by atoms with Gasteiger partial charge in [-0.1, -0.05) is 25.9 Å². The topological polar surface area (TPSA) is 83.3 Å². The van der Waals surface area contributed by atoms with Crippen molar-refractivity contribution in [2.75, 3.05) is 26.2 Å². The number of aromatic nitrogens is 2. The zero-order valence-corrected chi connectivity index (χ0v) is 13.3. The highest BCUT2D eigenvalue weighted by Crippen LogP contribution is 2.20. The van der Waals surface area contributed by atoms with E-state index in [9.17, 15) is 4.79 Å². The largest absolute Gasteiger partial charge is 0.355 e. The number of carbonyl (C=O) groups excluding carboxylic acids is 1. The van der Waals surface area contributed by atoms with Gasteiger partial charge in [0, 0.05) is 31.6 Å². The zero-order valence-electron chi connectivity index (χ0n) is 13.3. The SMILES string of the molecule is CCNC(=O)C1CNCCN1Cc1noc(C(C)(C)C)n1. The third-order valence-corrected chi connectivity index (χ3v) is 3.46. The fourth-order valence-electron chi connectivity index (χ4n) is 2.29. The van der Waals surface area contributed by atoms with E-state index >= 15 is 0 Å². The van der Waals surface area contributed by atoms with Gasteiger partial charge in [-0.2, -0.15) is 4.98 Å². The minimum atomic E-state index is -0.185. The van der Waals surface area contributed by atoms with Crippen LogP contribution in [0.15, 0.2) is 4.52 Å². The van der Waals surface area contributed by atoms with E-state index < -0.39 is 0 Å². The van der Waals surface area contributed by atoms with Gasteiger partial charge in [0.1, 0.15) is 6.04 Å². The minimum Gasteiger partial charge on any atom is -0.355 e. The molecule has 0 aromatic carbocycles. The Balaban J connectivity index is 2.05. The molecule has 2 rings (SSSR count). The summed E-state index contributed by atoms with van der Waals surface area (Å²) in [4.78, 5) is 18.6. The Kier molecular flexibility index (Phi) is 4.95. The van der Waals surface area contributed by atoms with E-state index in [1.807, 2.05) is 27.7 Å². The Morgan fingerprint density at radius 2 is 2.29 bits per heavy atom. The Morgan fingerprint density at radius 1 is 1.52 bits per heavy atom. The van der Waals surface area contributed by atoms with Crippen molar-refractivity contribution >= 4 is 5.91 Å². The number of likely N-dealkylation sites (N-methyl/N-ethyl adjacent to an activating group) is 1. The van der Waals surface area contributed by atoms with Crippen LogP contribution in [0.1, 0.15) is 39.4 Å². The number of amides is 1. The van der Waals surface area contributed by atoms with E-state index in [4.69, 9.17) is 4.52 Å². The summed E-state index contributed by atoms with van der Waals surface area (Å²) in [5.74, 6) is 1.31. The van der Waals surface area contributed by atoms with Crippen molar-refractivity contribution in [2.24, 2.45) is 0 Å². The van der Waals surface area contributed by atoms with Gasteiger partial charge in [-0.05, 0) is 6.92 Å². The molecule has 7 heteroatoms. The summed E-state index contributed by atoms with van der Waals surface area (Å²) in [7, 11) is 0. The Morgan fingerprint density at radius 3 is 2.90 bits per heavy atom. The maximum atomic E-state index is 12.1. The van der Waals surface area contributed by atoms with Crippen molar-refractivity contribution < 1.29 is 9.32 Å². The minimum absolute atomic E-state index is 0.0456. The maximum absolute atomic E-state index is 12.1. The molecule has 1 aromatic heterocycles. The Bertz CT molecular complexity index is 480. The molecule has 2 heterocycles. The molecule has 0 saturated carbocycles. The van der Waals surface area contributed by atoms with Crippen LogP contribution in [0.3, 0.4) is 0 Å². The van der Waals surface area contributed by atoms with Gasteiger partial charge in [0.25, 0.3) is 0 Å². The normalized spacial score (nSPS) is 20.5. The molecule has 118 valence electrons. The van der Waals surface area contributed by atoms with Crippen molar-refractivity contribution in [1.29, 1.82) is 0 Å². The molecule has 0 aliphatic carbocycles. The molecule has 7 nitrogen and oxygen atoms in total. The van der Waals surface area contributed by atoms with E-state index in [1.54, 1.807) is 0 Å². The summed E-state index contributed by atoms with van der Waals surface area (Å²) in [6.07, 6.45) is 0. The van der Waals surface area contributed by atoms with Crippen molar-refractivity contribution in [3.8, 4) is 0 Å².